The summed E-state index contributed by atoms with van der Waals surface area (Å²) in [7, 11) is 1.53. The van der Waals surface area contributed by atoms with Crippen molar-refractivity contribution < 1.29 is 23.8 Å². The maximum Gasteiger partial charge on any atom is 0.344 e. The Balaban J connectivity index is 1.81. The number of Topliss-reactive ketones (excluding diaryl/α,β-unsaturated/α-hetero) is 1. The molecule has 0 atom stereocenters. The molecule has 0 aliphatic heterocycles. The molecule has 0 amide bonds. The molecule has 0 unspecified atom stereocenters. The molecule has 0 spiro atoms. The molecule has 0 heterocycles. The first-order chi connectivity index (χ1) is 11.5. The molecule has 0 saturated carbocycles. The van der Waals surface area contributed by atoms with Gasteiger partial charge in [-0.1, -0.05) is 11.6 Å². The van der Waals surface area contributed by atoms with Gasteiger partial charge in [0.1, 0.15) is 11.5 Å². The zero-order valence-corrected chi connectivity index (χ0v) is 15.1. The number of hydrogen-bond donors (Lipinski definition) is 0. The van der Waals surface area contributed by atoms with Gasteiger partial charge in [0.2, 0.25) is 0 Å². The van der Waals surface area contributed by atoms with Crippen molar-refractivity contribution in [1.29, 1.82) is 0 Å². The second-order valence-electron chi connectivity index (χ2n) is 4.68. The van der Waals surface area contributed by atoms with Gasteiger partial charge >= 0.3 is 5.97 Å². The molecule has 7 heteroatoms. The van der Waals surface area contributed by atoms with E-state index in [2.05, 4.69) is 15.9 Å². The van der Waals surface area contributed by atoms with Crippen LogP contribution in [0.2, 0.25) is 5.02 Å². The molecule has 0 bridgehead atoms. The molecule has 0 aliphatic carbocycles. The maximum atomic E-state index is 12.0. The molecule has 0 saturated heterocycles. The number of carbonyl (C=O) groups excluding carboxylic acids is 2. The Hall–Kier alpha value is -2.05. The minimum atomic E-state index is -0.633. The minimum absolute atomic E-state index is 0.290. The van der Waals surface area contributed by atoms with Crippen molar-refractivity contribution in [3.63, 3.8) is 0 Å². The quantitative estimate of drug-likeness (QED) is 0.509. The molecule has 0 radical (unpaired) electrons. The first-order valence-corrected chi connectivity index (χ1v) is 8.07. The highest BCUT2D eigenvalue weighted by atomic mass is 79.9. The summed E-state index contributed by atoms with van der Waals surface area (Å²) in [4.78, 5) is 23.7. The fraction of sp³-hybridized carbons (Fsp3) is 0.176. The van der Waals surface area contributed by atoms with Crippen molar-refractivity contribution in [2.75, 3.05) is 20.3 Å². The van der Waals surface area contributed by atoms with Gasteiger partial charge in [-0.15, -0.1) is 0 Å². The molecule has 5 nitrogen and oxygen atoms in total. The zero-order valence-electron chi connectivity index (χ0n) is 12.8. The van der Waals surface area contributed by atoms with E-state index in [0.717, 1.165) is 0 Å². The van der Waals surface area contributed by atoms with Crippen molar-refractivity contribution in [2.45, 2.75) is 0 Å². The molecule has 126 valence electrons. The lowest BCUT2D eigenvalue weighted by Gasteiger charge is -2.08. The Bertz CT molecular complexity index is 730. The van der Waals surface area contributed by atoms with Gasteiger partial charge in [-0.3, -0.25) is 4.79 Å². The van der Waals surface area contributed by atoms with Crippen molar-refractivity contribution in [3.8, 4) is 11.5 Å². The second kappa shape index (κ2) is 8.70. The fourth-order valence-corrected chi connectivity index (χ4v) is 2.45. The Kier molecular flexibility index (Phi) is 6.63. The summed E-state index contributed by atoms with van der Waals surface area (Å²) in [6.45, 7) is -0.650. The van der Waals surface area contributed by atoms with Crippen LogP contribution in [0.15, 0.2) is 46.9 Å². The summed E-state index contributed by atoms with van der Waals surface area (Å²) in [5.74, 6) is 0.144. The lowest BCUT2D eigenvalue weighted by atomic mass is 10.1. The van der Waals surface area contributed by atoms with E-state index in [1.165, 1.54) is 7.11 Å². The topological polar surface area (TPSA) is 61.8 Å². The van der Waals surface area contributed by atoms with Crippen molar-refractivity contribution in [2.24, 2.45) is 0 Å². The van der Waals surface area contributed by atoms with Crippen LogP contribution < -0.4 is 9.47 Å². The molecular formula is C17H14BrClO5. The van der Waals surface area contributed by atoms with Gasteiger partial charge in [0, 0.05) is 10.6 Å². The number of halogens is 2. The highest BCUT2D eigenvalue weighted by molar-refractivity contribution is 9.10. The highest BCUT2D eigenvalue weighted by Gasteiger charge is 2.12. The monoisotopic (exact) mass is 412 g/mol. The van der Waals surface area contributed by atoms with E-state index in [1.54, 1.807) is 42.5 Å². The molecule has 0 aromatic heterocycles. The van der Waals surface area contributed by atoms with Crippen LogP contribution in [0.5, 0.6) is 11.5 Å². The highest BCUT2D eigenvalue weighted by Crippen LogP contribution is 2.25. The van der Waals surface area contributed by atoms with Gasteiger partial charge in [-0.2, -0.15) is 0 Å². The van der Waals surface area contributed by atoms with Crippen LogP contribution in [0.4, 0.5) is 0 Å². The van der Waals surface area contributed by atoms with Gasteiger partial charge in [0.05, 0.1) is 11.6 Å². The number of rotatable bonds is 7. The Morgan fingerprint density at radius 1 is 1.08 bits per heavy atom. The third-order valence-corrected chi connectivity index (χ3v) is 3.88. The number of esters is 1. The van der Waals surface area contributed by atoms with Crippen LogP contribution in [-0.2, 0) is 9.53 Å². The zero-order chi connectivity index (χ0) is 17.5. The van der Waals surface area contributed by atoms with Crippen LogP contribution in [0.1, 0.15) is 10.4 Å². The number of ketones is 1. The number of benzene rings is 2. The number of methoxy groups -OCH3 is 1. The van der Waals surface area contributed by atoms with E-state index in [0.29, 0.717) is 26.6 Å². The average Bonchev–Trinajstić information content (AvgIpc) is 2.59. The molecule has 2 rings (SSSR count). The Labute approximate surface area is 152 Å². The first kappa shape index (κ1) is 18.3. The van der Waals surface area contributed by atoms with Crippen LogP contribution in [0.25, 0.3) is 0 Å². The van der Waals surface area contributed by atoms with E-state index >= 15 is 0 Å². The van der Waals surface area contributed by atoms with Crippen LogP contribution >= 0.6 is 27.5 Å². The van der Waals surface area contributed by atoms with Crippen molar-refractivity contribution >= 4 is 39.3 Å². The summed E-state index contributed by atoms with van der Waals surface area (Å²) >= 11 is 9.05. The fourth-order valence-electron chi connectivity index (χ4n) is 1.78. The largest absolute Gasteiger partial charge is 0.496 e. The minimum Gasteiger partial charge on any atom is -0.496 e. The molecule has 2 aromatic carbocycles. The van der Waals surface area contributed by atoms with Crippen molar-refractivity contribution in [1.82, 2.24) is 0 Å². The SMILES string of the molecule is COc1ccc(C(=O)COC(=O)COc2ccc(Cl)cc2)cc1Br. The first-order valence-electron chi connectivity index (χ1n) is 6.90. The van der Waals surface area contributed by atoms with E-state index in [-0.39, 0.29) is 19.0 Å². The number of hydrogen-bond acceptors (Lipinski definition) is 5. The standard InChI is InChI=1S/C17H14BrClO5/c1-22-16-7-2-11(8-14(16)18)15(20)9-24-17(21)10-23-13-5-3-12(19)4-6-13/h2-8H,9-10H2,1H3. The molecular weight excluding hydrogens is 400 g/mol. The van der Waals surface area contributed by atoms with Gasteiger partial charge < -0.3 is 14.2 Å². The van der Waals surface area contributed by atoms with E-state index in [4.69, 9.17) is 25.8 Å². The molecule has 0 N–H and O–H groups in total. The molecule has 24 heavy (non-hydrogen) atoms. The Morgan fingerprint density at radius 2 is 1.79 bits per heavy atom. The van der Waals surface area contributed by atoms with Crippen LogP contribution in [0.3, 0.4) is 0 Å². The summed E-state index contributed by atoms with van der Waals surface area (Å²) < 4.78 is 15.9. The predicted octanol–water partition coefficient (Wildman–Crippen LogP) is 3.92. The van der Waals surface area contributed by atoms with Gasteiger partial charge in [0.15, 0.2) is 19.0 Å². The van der Waals surface area contributed by atoms with Gasteiger partial charge in [0.25, 0.3) is 0 Å². The van der Waals surface area contributed by atoms with E-state index in [1.807, 2.05) is 0 Å². The molecule has 2 aromatic rings. The second-order valence-corrected chi connectivity index (χ2v) is 5.97. The molecule has 0 fully saturated rings. The summed E-state index contributed by atoms with van der Waals surface area (Å²) in [5, 5.41) is 0.571. The van der Waals surface area contributed by atoms with E-state index in [9.17, 15) is 9.59 Å². The average molecular weight is 414 g/mol. The smallest absolute Gasteiger partial charge is 0.344 e. The van der Waals surface area contributed by atoms with Gasteiger partial charge in [-0.05, 0) is 58.4 Å². The third kappa shape index (κ3) is 5.25. The number of carbonyl (C=O) groups is 2. The van der Waals surface area contributed by atoms with Crippen LogP contribution in [-0.4, -0.2) is 32.1 Å². The maximum absolute atomic E-state index is 12.0. The van der Waals surface area contributed by atoms with Gasteiger partial charge in [-0.25, -0.2) is 4.79 Å². The van der Waals surface area contributed by atoms with Crippen molar-refractivity contribution in [3.05, 3.63) is 57.5 Å². The lowest BCUT2D eigenvalue weighted by Crippen LogP contribution is -2.19. The Morgan fingerprint density at radius 3 is 2.42 bits per heavy atom. The number of ether oxygens (including phenoxy) is 3. The lowest BCUT2D eigenvalue weighted by molar-refractivity contribution is -0.144. The van der Waals surface area contributed by atoms with Crippen LogP contribution in [0, 0.1) is 0 Å². The van der Waals surface area contributed by atoms with E-state index < -0.39 is 5.97 Å². The third-order valence-electron chi connectivity index (χ3n) is 3.01. The summed E-state index contributed by atoms with van der Waals surface area (Å²) in [6.07, 6.45) is 0. The predicted molar refractivity (Wildman–Crippen MR) is 92.9 cm³/mol. The summed E-state index contributed by atoms with van der Waals surface area (Å²) in [6, 6.07) is 11.4. The normalized spacial score (nSPS) is 10.1. The molecule has 0 aliphatic rings. The summed E-state index contributed by atoms with van der Waals surface area (Å²) in [5.41, 5.74) is 0.411.